The molecule has 1 spiro atoms. The maximum Gasteiger partial charge on any atom is 0.410 e. The average molecular weight is 502 g/mol. The van der Waals surface area contributed by atoms with Crippen LogP contribution in [0, 0.1) is 5.41 Å². The minimum absolute atomic E-state index is 0.0387. The van der Waals surface area contributed by atoms with E-state index in [-0.39, 0.29) is 24.7 Å². The summed E-state index contributed by atoms with van der Waals surface area (Å²) in [5.74, 6) is -0.962. The van der Waals surface area contributed by atoms with E-state index in [1.165, 1.54) is 0 Å². The fraction of sp³-hybridized carbons (Fsp3) is 0.440. The van der Waals surface area contributed by atoms with Crippen LogP contribution in [-0.4, -0.2) is 41.8 Å². The second-order valence-electron chi connectivity index (χ2n) is 8.89. The van der Waals surface area contributed by atoms with Crippen LogP contribution in [0.5, 0.6) is 0 Å². The van der Waals surface area contributed by atoms with Gasteiger partial charge in [-0.25, -0.2) is 9.59 Å². The summed E-state index contributed by atoms with van der Waals surface area (Å²) in [5, 5.41) is 9.23. The number of hydrogen-bond donors (Lipinski definition) is 1. The van der Waals surface area contributed by atoms with Crippen molar-refractivity contribution in [2.24, 2.45) is 5.41 Å². The molecule has 1 N–H and O–H groups in total. The van der Waals surface area contributed by atoms with Crippen molar-refractivity contribution in [1.29, 1.82) is 0 Å². The third-order valence-corrected chi connectivity index (χ3v) is 7.32. The van der Waals surface area contributed by atoms with Crippen molar-refractivity contribution in [3.8, 4) is 0 Å². The van der Waals surface area contributed by atoms with Crippen molar-refractivity contribution >= 4 is 28.0 Å². The molecule has 0 aromatic heterocycles. The number of aliphatic carboxylic acids is 1. The van der Waals surface area contributed by atoms with E-state index >= 15 is 0 Å². The Balaban J connectivity index is 1.40. The Labute approximate surface area is 196 Å². The van der Waals surface area contributed by atoms with E-state index in [4.69, 9.17) is 9.47 Å². The van der Waals surface area contributed by atoms with Gasteiger partial charge in [0.15, 0.2) is 0 Å². The Bertz CT molecular complexity index is 958. The van der Waals surface area contributed by atoms with Crippen LogP contribution in [0.4, 0.5) is 4.79 Å². The van der Waals surface area contributed by atoms with E-state index < -0.39 is 11.6 Å². The highest BCUT2D eigenvalue weighted by Crippen LogP contribution is 2.56. The van der Waals surface area contributed by atoms with Crippen LogP contribution < -0.4 is 0 Å². The van der Waals surface area contributed by atoms with Crippen molar-refractivity contribution < 1.29 is 24.2 Å². The topological polar surface area (TPSA) is 76.1 Å². The molecule has 1 saturated heterocycles. The van der Waals surface area contributed by atoms with E-state index in [2.05, 4.69) is 15.9 Å². The lowest BCUT2D eigenvalue weighted by Gasteiger charge is -2.40. The molecule has 0 bridgehead atoms. The Morgan fingerprint density at radius 2 is 1.75 bits per heavy atom. The highest BCUT2D eigenvalue weighted by Gasteiger charge is 2.51. The zero-order valence-corrected chi connectivity index (χ0v) is 19.6. The molecule has 4 rings (SSSR count). The summed E-state index contributed by atoms with van der Waals surface area (Å²) in [4.78, 5) is 25.6. The molecule has 1 aliphatic carbocycles. The van der Waals surface area contributed by atoms with Crippen LogP contribution in [0.2, 0.25) is 0 Å². The first-order valence-electron chi connectivity index (χ1n) is 11.0. The van der Waals surface area contributed by atoms with Crippen molar-refractivity contribution in [1.82, 2.24) is 4.90 Å². The van der Waals surface area contributed by atoms with Crippen LogP contribution in [0.25, 0.3) is 0 Å². The van der Waals surface area contributed by atoms with Crippen LogP contribution in [-0.2, 0) is 26.5 Å². The van der Waals surface area contributed by atoms with Gasteiger partial charge in [-0.05, 0) is 60.8 Å². The van der Waals surface area contributed by atoms with Crippen LogP contribution >= 0.6 is 15.9 Å². The maximum atomic E-state index is 12.5. The highest BCUT2D eigenvalue weighted by atomic mass is 79.9. The zero-order chi connectivity index (χ0) is 22.6. The van der Waals surface area contributed by atoms with E-state index in [9.17, 15) is 14.7 Å². The molecule has 1 heterocycles. The van der Waals surface area contributed by atoms with Gasteiger partial charge in [-0.15, -0.1) is 0 Å². The fourth-order valence-corrected chi connectivity index (χ4v) is 5.47. The highest BCUT2D eigenvalue weighted by molar-refractivity contribution is 9.10. The summed E-state index contributed by atoms with van der Waals surface area (Å²) in [6.07, 6.45) is 3.93. The molecule has 2 aromatic rings. The van der Waals surface area contributed by atoms with E-state index in [0.717, 1.165) is 47.7 Å². The largest absolute Gasteiger partial charge is 0.480 e. The van der Waals surface area contributed by atoms with Gasteiger partial charge in [0, 0.05) is 17.6 Å². The monoisotopic (exact) mass is 501 g/mol. The third kappa shape index (κ3) is 5.15. The number of ether oxygens (including phenoxy) is 2. The van der Waals surface area contributed by atoms with Crippen molar-refractivity contribution in [3.05, 3.63) is 70.2 Å². The summed E-state index contributed by atoms with van der Waals surface area (Å²) in [6.45, 7) is 1.24. The van der Waals surface area contributed by atoms with Gasteiger partial charge in [0.25, 0.3) is 0 Å². The van der Waals surface area contributed by atoms with Gasteiger partial charge in [-0.1, -0.05) is 58.4 Å². The van der Waals surface area contributed by atoms with E-state index in [1.54, 1.807) is 4.90 Å². The number of carbonyl (C=O) groups is 2. The SMILES string of the molecule is O=C(O)COC1(c2cccc(Br)c2)CCC2(CCN(C(=O)OCc3ccccc3)CC2)C1. The van der Waals surface area contributed by atoms with Gasteiger partial charge < -0.3 is 19.5 Å². The van der Waals surface area contributed by atoms with Gasteiger partial charge >= 0.3 is 12.1 Å². The number of carboxylic acid groups (broad SMARTS) is 1. The number of halogens is 1. The van der Waals surface area contributed by atoms with Crippen molar-refractivity contribution in [2.75, 3.05) is 19.7 Å². The molecular formula is C25H28BrNO5. The number of nitrogens with zero attached hydrogens (tertiary/aromatic N) is 1. The van der Waals surface area contributed by atoms with Gasteiger partial charge in [0.2, 0.25) is 0 Å². The second-order valence-corrected chi connectivity index (χ2v) is 9.81. The first kappa shape index (κ1) is 22.8. The second kappa shape index (κ2) is 9.63. The number of carboxylic acids is 1. The van der Waals surface area contributed by atoms with Crippen LogP contribution in [0.15, 0.2) is 59.1 Å². The summed E-state index contributed by atoms with van der Waals surface area (Å²) in [5.41, 5.74) is 1.41. The average Bonchev–Trinajstić information content (AvgIpc) is 3.17. The Hall–Kier alpha value is -2.38. The van der Waals surface area contributed by atoms with Crippen molar-refractivity contribution in [2.45, 2.75) is 44.3 Å². The molecule has 1 atom stereocenters. The predicted molar refractivity (Wildman–Crippen MR) is 123 cm³/mol. The van der Waals surface area contributed by atoms with E-state index in [0.29, 0.717) is 13.1 Å². The smallest absolute Gasteiger partial charge is 0.410 e. The molecule has 2 aliphatic rings. The minimum atomic E-state index is -0.962. The molecule has 7 heteroatoms. The zero-order valence-electron chi connectivity index (χ0n) is 18.0. The Morgan fingerprint density at radius 1 is 1.00 bits per heavy atom. The summed E-state index contributed by atoms with van der Waals surface area (Å²) in [6, 6.07) is 17.6. The molecule has 1 amide bonds. The Kier molecular flexibility index (Phi) is 6.86. The molecule has 2 fully saturated rings. The Morgan fingerprint density at radius 3 is 2.44 bits per heavy atom. The first-order valence-corrected chi connectivity index (χ1v) is 11.8. The number of amides is 1. The van der Waals surface area contributed by atoms with Crippen LogP contribution in [0.3, 0.4) is 0 Å². The first-order chi connectivity index (χ1) is 15.4. The molecule has 1 aliphatic heterocycles. The molecule has 32 heavy (non-hydrogen) atoms. The van der Waals surface area contributed by atoms with E-state index in [1.807, 2.05) is 54.6 Å². The number of rotatable bonds is 6. The lowest BCUT2D eigenvalue weighted by atomic mass is 9.75. The molecule has 170 valence electrons. The number of benzene rings is 2. The van der Waals surface area contributed by atoms with Gasteiger partial charge in [-0.2, -0.15) is 0 Å². The molecule has 0 radical (unpaired) electrons. The normalized spacial score (nSPS) is 22.1. The number of piperidine rings is 1. The summed E-state index contributed by atoms with van der Waals surface area (Å²) >= 11 is 3.53. The van der Waals surface area contributed by atoms with Crippen LogP contribution in [0.1, 0.15) is 43.2 Å². The maximum absolute atomic E-state index is 12.5. The third-order valence-electron chi connectivity index (χ3n) is 6.83. The number of hydrogen-bond acceptors (Lipinski definition) is 4. The molecule has 2 aromatic carbocycles. The van der Waals surface area contributed by atoms with Gasteiger partial charge in [-0.3, -0.25) is 0 Å². The predicted octanol–water partition coefficient (Wildman–Crippen LogP) is 5.35. The summed E-state index contributed by atoms with van der Waals surface area (Å²) in [7, 11) is 0. The number of carbonyl (C=O) groups excluding carboxylic acids is 1. The molecule has 6 nitrogen and oxygen atoms in total. The van der Waals surface area contributed by atoms with Gasteiger partial charge in [0.05, 0.1) is 5.60 Å². The molecule has 1 saturated carbocycles. The van der Waals surface area contributed by atoms with Gasteiger partial charge in [0.1, 0.15) is 13.2 Å². The fourth-order valence-electron chi connectivity index (χ4n) is 5.08. The standard InChI is InChI=1S/C25H28BrNO5/c26-21-8-4-7-20(15-21)25(32-17-22(28)29)10-9-24(18-25)11-13-27(14-12-24)23(30)31-16-19-5-2-1-3-6-19/h1-8,15H,9-14,16-18H2,(H,28,29). The molecule has 1 unspecified atom stereocenters. The molecular weight excluding hydrogens is 474 g/mol. The minimum Gasteiger partial charge on any atom is -0.480 e. The quantitative estimate of drug-likeness (QED) is 0.577. The van der Waals surface area contributed by atoms with Crippen molar-refractivity contribution in [3.63, 3.8) is 0 Å². The lowest BCUT2D eigenvalue weighted by molar-refractivity contribution is -0.151. The number of likely N-dealkylation sites (tertiary alicyclic amines) is 1. The summed E-state index contributed by atoms with van der Waals surface area (Å²) < 4.78 is 12.5. The lowest BCUT2D eigenvalue weighted by Crippen LogP contribution is -2.43.